The van der Waals surface area contributed by atoms with E-state index in [9.17, 15) is 19.5 Å². The van der Waals surface area contributed by atoms with Crippen LogP contribution in [0.2, 0.25) is 5.02 Å². The van der Waals surface area contributed by atoms with Crippen LogP contribution in [0.3, 0.4) is 0 Å². The predicted molar refractivity (Wildman–Crippen MR) is 91.5 cm³/mol. The van der Waals surface area contributed by atoms with Gasteiger partial charge in [-0.2, -0.15) is 0 Å². The number of rotatable bonds is 6. The van der Waals surface area contributed by atoms with Crippen molar-refractivity contribution in [2.24, 2.45) is 0 Å². The standard InChI is InChI=1S/C16H16ClNO6S/c1-8(2)18-15(21)12(25-16(18)22)6-9-4-10(17)14(11(5-9)23-3)24-7-13(19)20/h4-6,8H,7H2,1-3H3,(H,19,20)/p-1/b12-6+. The smallest absolute Gasteiger partial charge is 0.293 e. The number of methoxy groups -OCH3 is 1. The molecule has 1 aliphatic heterocycles. The fraction of sp³-hybridized carbons (Fsp3) is 0.312. The van der Waals surface area contributed by atoms with Crippen molar-refractivity contribution < 1.29 is 29.0 Å². The van der Waals surface area contributed by atoms with Gasteiger partial charge in [0.15, 0.2) is 11.5 Å². The number of hydrogen-bond donors (Lipinski definition) is 0. The maximum absolute atomic E-state index is 12.3. The van der Waals surface area contributed by atoms with Gasteiger partial charge in [0.05, 0.1) is 23.0 Å². The van der Waals surface area contributed by atoms with Crippen LogP contribution >= 0.6 is 23.4 Å². The zero-order valence-corrected chi connectivity index (χ0v) is 15.3. The van der Waals surface area contributed by atoms with Crippen molar-refractivity contribution in [2.45, 2.75) is 19.9 Å². The number of nitrogens with zero attached hydrogens (tertiary/aromatic N) is 1. The number of carbonyl (C=O) groups is 3. The van der Waals surface area contributed by atoms with Gasteiger partial charge in [-0.25, -0.2) is 0 Å². The van der Waals surface area contributed by atoms with Gasteiger partial charge >= 0.3 is 0 Å². The number of carboxylic acids is 1. The van der Waals surface area contributed by atoms with E-state index in [1.807, 2.05) is 0 Å². The number of ether oxygens (including phenoxy) is 2. The highest BCUT2D eigenvalue weighted by molar-refractivity contribution is 8.18. The summed E-state index contributed by atoms with van der Waals surface area (Å²) in [6, 6.07) is 2.77. The summed E-state index contributed by atoms with van der Waals surface area (Å²) < 4.78 is 10.2. The molecule has 7 nitrogen and oxygen atoms in total. The Balaban J connectivity index is 2.35. The minimum absolute atomic E-state index is 0.0563. The molecule has 0 spiro atoms. The molecule has 0 unspecified atom stereocenters. The van der Waals surface area contributed by atoms with Gasteiger partial charge in [0.25, 0.3) is 11.1 Å². The zero-order chi connectivity index (χ0) is 18.7. The van der Waals surface area contributed by atoms with E-state index in [1.165, 1.54) is 30.2 Å². The average molecular weight is 385 g/mol. The Morgan fingerprint density at radius 1 is 1.40 bits per heavy atom. The normalized spacial score (nSPS) is 16.0. The van der Waals surface area contributed by atoms with Gasteiger partial charge in [-0.05, 0) is 49.4 Å². The molecule has 0 aromatic heterocycles. The summed E-state index contributed by atoms with van der Waals surface area (Å²) in [6.07, 6.45) is 1.52. The first-order valence-corrected chi connectivity index (χ1v) is 8.41. The minimum atomic E-state index is -1.40. The number of hydrogen-bond acceptors (Lipinski definition) is 7. The first-order chi connectivity index (χ1) is 11.7. The van der Waals surface area contributed by atoms with Crippen molar-refractivity contribution in [1.29, 1.82) is 0 Å². The third-order valence-corrected chi connectivity index (χ3v) is 4.39. The molecule has 0 saturated carbocycles. The van der Waals surface area contributed by atoms with E-state index in [4.69, 9.17) is 21.1 Å². The lowest BCUT2D eigenvalue weighted by atomic mass is 10.1. The van der Waals surface area contributed by atoms with Crippen molar-refractivity contribution >= 4 is 46.6 Å². The number of imide groups is 1. The largest absolute Gasteiger partial charge is 0.546 e. The van der Waals surface area contributed by atoms with Gasteiger partial charge in [-0.1, -0.05) is 11.6 Å². The van der Waals surface area contributed by atoms with Crippen LogP contribution < -0.4 is 14.6 Å². The molecule has 0 aliphatic carbocycles. The molecule has 1 heterocycles. The van der Waals surface area contributed by atoms with Crippen LogP contribution in [0.25, 0.3) is 6.08 Å². The molecule has 0 bridgehead atoms. The van der Waals surface area contributed by atoms with Crippen LogP contribution in [0.15, 0.2) is 17.0 Å². The summed E-state index contributed by atoms with van der Waals surface area (Å²) in [5.74, 6) is -1.52. The van der Waals surface area contributed by atoms with Crippen LogP contribution in [0.5, 0.6) is 11.5 Å². The highest BCUT2D eigenvalue weighted by Gasteiger charge is 2.36. The number of halogens is 1. The van der Waals surface area contributed by atoms with E-state index in [2.05, 4.69) is 0 Å². The fourth-order valence-electron chi connectivity index (χ4n) is 2.17. The van der Waals surface area contributed by atoms with E-state index in [0.717, 1.165) is 11.8 Å². The van der Waals surface area contributed by atoms with Gasteiger partial charge in [0.1, 0.15) is 6.61 Å². The first-order valence-electron chi connectivity index (χ1n) is 7.21. The molecule has 2 amide bonds. The Morgan fingerprint density at radius 2 is 2.08 bits per heavy atom. The van der Waals surface area contributed by atoms with Crippen LogP contribution in [0.1, 0.15) is 19.4 Å². The van der Waals surface area contributed by atoms with Crippen LogP contribution in [-0.2, 0) is 9.59 Å². The summed E-state index contributed by atoms with van der Waals surface area (Å²) in [5, 5.41) is 10.3. The summed E-state index contributed by atoms with van der Waals surface area (Å²) in [6.45, 7) is 2.83. The molecule has 1 aromatic carbocycles. The number of carboxylic acid groups (broad SMARTS) is 1. The van der Waals surface area contributed by atoms with Crippen molar-refractivity contribution in [1.82, 2.24) is 4.90 Å². The van der Waals surface area contributed by atoms with E-state index >= 15 is 0 Å². The molecule has 9 heteroatoms. The molecule has 1 aliphatic rings. The van der Waals surface area contributed by atoms with E-state index in [0.29, 0.717) is 5.56 Å². The maximum Gasteiger partial charge on any atom is 0.293 e. The molecule has 1 saturated heterocycles. The lowest BCUT2D eigenvalue weighted by molar-refractivity contribution is -0.307. The second-order valence-electron chi connectivity index (χ2n) is 5.34. The second-order valence-corrected chi connectivity index (χ2v) is 6.74. The minimum Gasteiger partial charge on any atom is -0.546 e. The topological polar surface area (TPSA) is 96.0 Å². The van der Waals surface area contributed by atoms with Crippen LogP contribution in [0, 0.1) is 0 Å². The lowest BCUT2D eigenvalue weighted by Crippen LogP contribution is -2.34. The molecular formula is C16H15ClNO6S-. The quantitative estimate of drug-likeness (QED) is 0.691. The third kappa shape index (κ3) is 4.26. The predicted octanol–water partition coefficient (Wildman–Crippen LogP) is 1.92. The van der Waals surface area contributed by atoms with Crippen molar-refractivity contribution in [3.8, 4) is 11.5 Å². The number of benzene rings is 1. The van der Waals surface area contributed by atoms with Crippen LogP contribution in [-0.4, -0.2) is 41.8 Å². The monoisotopic (exact) mass is 384 g/mol. The summed E-state index contributed by atoms with van der Waals surface area (Å²) >= 11 is 6.95. The molecule has 0 N–H and O–H groups in total. The summed E-state index contributed by atoms with van der Waals surface area (Å²) in [5.41, 5.74) is 0.511. The highest BCUT2D eigenvalue weighted by Crippen LogP contribution is 2.39. The third-order valence-electron chi connectivity index (χ3n) is 3.22. The van der Waals surface area contributed by atoms with E-state index in [-0.39, 0.29) is 38.6 Å². The fourth-order valence-corrected chi connectivity index (χ4v) is 3.41. The van der Waals surface area contributed by atoms with E-state index in [1.54, 1.807) is 13.8 Å². The highest BCUT2D eigenvalue weighted by atomic mass is 35.5. The molecular weight excluding hydrogens is 370 g/mol. The number of aliphatic carboxylic acids is 1. The van der Waals surface area contributed by atoms with Crippen LogP contribution in [0.4, 0.5) is 4.79 Å². The molecule has 0 radical (unpaired) electrons. The molecule has 1 aromatic rings. The zero-order valence-electron chi connectivity index (χ0n) is 13.7. The molecule has 1 fully saturated rings. The van der Waals surface area contributed by atoms with Gasteiger partial charge in [-0.15, -0.1) is 0 Å². The second kappa shape index (κ2) is 7.79. The van der Waals surface area contributed by atoms with Crippen molar-refractivity contribution in [3.05, 3.63) is 27.6 Å². The number of thioether (sulfide) groups is 1. The van der Waals surface area contributed by atoms with Gasteiger partial charge in [-0.3, -0.25) is 14.5 Å². The van der Waals surface area contributed by atoms with Crippen molar-refractivity contribution in [2.75, 3.05) is 13.7 Å². The Labute approximate surface area is 153 Å². The number of amides is 2. The van der Waals surface area contributed by atoms with Gasteiger partial charge < -0.3 is 19.4 Å². The van der Waals surface area contributed by atoms with Gasteiger partial charge in [0, 0.05) is 6.04 Å². The Morgan fingerprint density at radius 3 is 2.60 bits per heavy atom. The Bertz CT molecular complexity index is 761. The lowest BCUT2D eigenvalue weighted by Gasteiger charge is -2.16. The molecule has 134 valence electrons. The summed E-state index contributed by atoms with van der Waals surface area (Å²) in [4.78, 5) is 36.2. The molecule has 25 heavy (non-hydrogen) atoms. The molecule has 2 rings (SSSR count). The summed E-state index contributed by atoms with van der Waals surface area (Å²) in [7, 11) is 1.37. The maximum atomic E-state index is 12.3. The van der Waals surface area contributed by atoms with Gasteiger partial charge in [0.2, 0.25) is 0 Å². The van der Waals surface area contributed by atoms with E-state index < -0.39 is 12.6 Å². The Hall–Kier alpha value is -2.19. The number of carbonyl (C=O) groups excluding carboxylic acids is 3. The Kier molecular flexibility index (Phi) is 5.97. The van der Waals surface area contributed by atoms with Crippen molar-refractivity contribution in [3.63, 3.8) is 0 Å². The first kappa shape index (κ1) is 19.1. The average Bonchev–Trinajstić information content (AvgIpc) is 2.79. The molecule has 0 atom stereocenters. The SMILES string of the molecule is COc1cc(/C=C2/SC(=O)N(C(C)C)C2=O)cc(Cl)c1OCC(=O)[O-].